The standard InChI is InChI=1S/C24H26FN7O3/c1-26-21-8-18(29-23-15(10-28-32(21)23)24(33)30-17-6-5-16(17)25)14-9-27-22-13(14)4-3-7-31(22)19-11-35-12-20(19)34-2/h3-4,7-10,16-17,19-20,26H,5-6,11-12H2,1-2H3,(H,30,33)/t16-,17-,19+,20+/m1/s1. The number of hydrogen-bond donors (Lipinski definition) is 2. The predicted molar refractivity (Wildman–Crippen MR) is 126 cm³/mol. The highest BCUT2D eigenvalue weighted by molar-refractivity contribution is 6.00. The summed E-state index contributed by atoms with van der Waals surface area (Å²) < 4.78 is 28.6. The lowest BCUT2D eigenvalue weighted by atomic mass is 9.90. The molecular weight excluding hydrogens is 453 g/mol. The smallest absolute Gasteiger partial charge is 0.257 e. The number of halogens is 1. The van der Waals surface area contributed by atoms with Crippen molar-refractivity contribution < 1.29 is 18.7 Å². The molecule has 1 saturated carbocycles. The first-order chi connectivity index (χ1) is 17.1. The van der Waals surface area contributed by atoms with Gasteiger partial charge in [-0.3, -0.25) is 4.79 Å². The second-order valence-corrected chi connectivity index (χ2v) is 8.95. The molecule has 1 amide bonds. The second-order valence-electron chi connectivity index (χ2n) is 8.95. The molecule has 3 aliphatic heterocycles. The van der Waals surface area contributed by atoms with Crippen LogP contribution in [0.15, 0.2) is 36.8 Å². The summed E-state index contributed by atoms with van der Waals surface area (Å²) in [4.78, 5) is 22.4. The molecule has 6 rings (SSSR count). The van der Waals surface area contributed by atoms with Gasteiger partial charge in [0.1, 0.15) is 29.5 Å². The molecule has 35 heavy (non-hydrogen) atoms. The van der Waals surface area contributed by atoms with Gasteiger partial charge in [0.25, 0.3) is 5.91 Å². The molecule has 2 fully saturated rings. The fourth-order valence-corrected chi connectivity index (χ4v) is 4.84. The van der Waals surface area contributed by atoms with E-state index in [9.17, 15) is 9.18 Å². The molecule has 10 nitrogen and oxygen atoms in total. The Labute approximate surface area is 200 Å². The van der Waals surface area contributed by atoms with Crippen LogP contribution in [0.25, 0.3) is 28.3 Å². The topological polar surface area (TPSA) is 108 Å². The fourth-order valence-electron chi connectivity index (χ4n) is 4.84. The minimum absolute atomic E-state index is 0.0192. The highest BCUT2D eigenvalue weighted by atomic mass is 19.1. The Hall–Kier alpha value is -3.57. The summed E-state index contributed by atoms with van der Waals surface area (Å²) in [7, 11) is 3.47. The van der Waals surface area contributed by atoms with Crippen molar-refractivity contribution in [2.24, 2.45) is 0 Å². The maximum Gasteiger partial charge on any atom is 0.257 e. The average molecular weight is 480 g/mol. The first-order valence-corrected chi connectivity index (χ1v) is 11.7. The van der Waals surface area contributed by atoms with Crippen LogP contribution in [0.2, 0.25) is 0 Å². The second kappa shape index (κ2) is 8.58. The first kappa shape index (κ1) is 21.9. The molecule has 0 unspecified atom stereocenters. The summed E-state index contributed by atoms with van der Waals surface area (Å²) in [6.07, 6.45) is 5.29. The van der Waals surface area contributed by atoms with E-state index in [2.05, 4.69) is 20.3 Å². The number of nitrogens with one attached hydrogen (secondary N) is 2. The van der Waals surface area contributed by atoms with Gasteiger partial charge in [-0.25, -0.2) is 14.4 Å². The molecule has 0 aromatic carbocycles. The van der Waals surface area contributed by atoms with Crippen molar-refractivity contribution in [2.45, 2.75) is 37.2 Å². The third-order valence-corrected chi connectivity index (χ3v) is 7.02. The van der Waals surface area contributed by atoms with Gasteiger partial charge in [-0.05, 0) is 25.0 Å². The molecule has 4 aliphatic rings. The molecule has 182 valence electrons. The fraction of sp³-hybridized carbons (Fsp3) is 0.417. The van der Waals surface area contributed by atoms with Crippen LogP contribution in [-0.4, -0.2) is 75.7 Å². The molecule has 4 atom stereocenters. The number of aromatic nitrogens is 5. The van der Waals surface area contributed by atoms with Crippen LogP contribution in [0, 0.1) is 0 Å². The molecule has 2 aromatic rings. The Morgan fingerprint density at radius 1 is 1.26 bits per heavy atom. The Kier molecular flexibility index (Phi) is 5.37. The molecule has 1 aliphatic carbocycles. The largest absolute Gasteiger partial charge is 0.377 e. The van der Waals surface area contributed by atoms with Crippen LogP contribution in [0.1, 0.15) is 29.2 Å². The summed E-state index contributed by atoms with van der Waals surface area (Å²) in [6.45, 7) is 1.09. The molecule has 2 aromatic heterocycles. The molecule has 0 spiro atoms. The number of ether oxygens (including phenoxy) is 2. The van der Waals surface area contributed by atoms with Gasteiger partial charge in [0.05, 0.1) is 37.2 Å². The maximum absolute atomic E-state index is 13.7. The van der Waals surface area contributed by atoms with Gasteiger partial charge in [-0.2, -0.15) is 9.61 Å². The molecule has 0 radical (unpaired) electrons. The zero-order valence-electron chi connectivity index (χ0n) is 19.4. The predicted octanol–water partition coefficient (Wildman–Crippen LogP) is 2.56. The third kappa shape index (κ3) is 3.53. The number of amides is 1. The van der Waals surface area contributed by atoms with Gasteiger partial charge in [0, 0.05) is 43.7 Å². The lowest BCUT2D eigenvalue weighted by Crippen LogP contribution is -2.48. The van der Waals surface area contributed by atoms with Crippen molar-refractivity contribution in [1.29, 1.82) is 0 Å². The lowest BCUT2D eigenvalue weighted by Gasteiger charge is -2.30. The van der Waals surface area contributed by atoms with E-state index >= 15 is 0 Å². The first-order valence-electron chi connectivity index (χ1n) is 11.7. The minimum atomic E-state index is -1.01. The molecule has 2 N–H and O–H groups in total. The van der Waals surface area contributed by atoms with E-state index in [0.29, 0.717) is 48.8 Å². The number of carbonyl (C=O) groups is 1. The average Bonchev–Trinajstić information content (AvgIpc) is 3.63. The number of nitrogens with zero attached hydrogens (tertiary/aromatic N) is 5. The highest BCUT2D eigenvalue weighted by Crippen LogP contribution is 2.37. The normalized spacial score (nSPS) is 24.1. The van der Waals surface area contributed by atoms with Crippen LogP contribution in [0.4, 0.5) is 10.2 Å². The van der Waals surface area contributed by atoms with Crippen LogP contribution in [0.3, 0.4) is 0 Å². The third-order valence-electron chi connectivity index (χ3n) is 7.02. The zero-order valence-corrected chi connectivity index (χ0v) is 19.4. The number of rotatable bonds is 6. The van der Waals surface area contributed by atoms with Crippen molar-refractivity contribution in [3.63, 3.8) is 0 Å². The van der Waals surface area contributed by atoms with Crippen LogP contribution < -0.4 is 10.6 Å². The number of carbonyl (C=O) groups excluding carboxylic acids is 1. The Morgan fingerprint density at radius 2 is 2.14 bits per heavy atom. The molecule has 11 heteroatoms. The lowest BCUT2D eigenvalue weighted by molar-refractivity contribution is 0.0686. The summed E-state index contributed by atoms with van der Waals surface area (Å²) in [5.41, 5.74) is 3.09. The Morgan fingerprint density at radius 3 is 2.89 bits per heavy atom. The Bertz CT molecular complexity index is 1370. The van der Waals surface area contributed by atoms with Crippen LogP contribution in [0.5, 0.6) is 0 Å². The van der Waals surface area contributed by atoms with Crippen LogP contribution in [-0.2, 0) is 9.47 Å². The summed E-state index contributed by atoms with van der Waals surface area (Å²) in [5.74, 6) is 1.09. The SMILES string of the molecule is CNc1cc(-c2cnc3n([C@H]4COC[C@@H]4OC)cccc2-3)nc2c(C(=O)N[C@@H]3CC[C@H]3F)cnn12. The van der Waals surface area contributed by atoms with E-state index in [1.807, 2.05) is 24.4 Å². The van der Waals surface area contributed by atoms with Gasteiger partial charge in [0.15, 0.2) is 5.65 Å². The Balaban J connectivity index is 1.40. The van der Waals surface area contributed by atoms with Gasteiger partial charge in [-0.15, -0.1) is 0 Å². The van der Waals surface area contributed by atoms with Gasteiger partial charge in [-0.1, -0.05) is 0 Å². The van der Waals surface area contributed by atoms with Crippen molar-refractivity contribution in [3.05, 3.63) is 42.4 Å². The van der Waals surface area contributed by atoms with Gasteiger partial charge < -0.3 is 24.7 Å². The maximum atomic E-state index is 13.7. The van der Waals surface area contributed by atoms with E-state index in [-0.39, 0.29) is 18.1 Å². The van der Waals surface area contributed by atoms with E-state index in [1.165, 1.54) is 6.20 Å². The van der Waals surface area contributed by atoms with E-state index < -0.39 is 12.2 Å². The minimum Gasteiger partial charge on any atom is -0.377 e. The highest BCUT2D eigenvalue weighted by Gasteiger charge is 2.34. The molecule has 0 bridgehead atoms. The number of anilines is 1. The van der Waals surface area contributed by atoms with Crippen molar-refractivity contribution in [1.82, 2.24) is 29.5 Å². The molecular formula is C24H26FN7O3. The van der Waals surface area contributed by atoms with E-state index in [4.69, 9.17) is 19.4 Å². The summed E-state index contributed by atoms with van der Waals surface area (Å²) >= 11 is 0. The summed E-state index contributed by atoms with van der Waals surface area (Å²) in [6, 6.07) is 5.40. The number of pyridine rings is 1. The van der Waals surface area contributed by atoms with Gasteiger partial charge >= 0.3 is 0 Å². The molecule has 1 saturated heterocycles. The van der Waals surface area contributed by atoms with E-state index in [1.54, 1.807) is 24.9 Å². The number of fused-ring (bicyclic) bond motifs is 2. The van der Waals surface area contributed by atoms with E-state index in [0.717, 1.165) is 17.0 Å². The number of alkyl halides is 1. The molecule has 5 heterocycles. The number of hydrogen-bond acceptors (Lipinski definition) is 7. The summed E-state index contributed by atoms with van der Waals surface area (Å²) in [5, 5.41) is 10.2. The van der Waals surface area contributed by atoms with Crippen molar-refractivity contribution >= 4 is 17.4 Å². The van der Waals surface area contributed by atoms with Gasteiger partial charge in [0.2, 0.25) is 0 Å². The number of methoxy groups -OCH3 is 1. The monoisotopic (exact) mass is 479 g/mol. The van der Waals surface area contributed by atoms with Crippen molar-refractivity contribution in [2.75, 3.05) is 32.7 Å². The van der Waals surface area contributed by atoms with Crippen molar-refractivity contribution in [3.8, 4) is 22.6 Å². The quantitative estimate of drug-likeness (QED) is 0.438. The van der Waals surface area contributed by atoms with Crippen LogP contribution >= 0.6 is 0 Å². The zero-order chi connectivity index (χ0) is 24.1.